The highest BCUT2D eigenvalue weighted by atomic mass is 16.8. The zero-order chi connectivity index (χ0) is 22.2. The van der Waals surface area contributed by atoms with Crippen LogP contribution in [0.3, 0.4) is 0 Å². The maximum atomic E-state index is 12.0. The summed E-state index contributed by atoms with van der Waals surface area (Å²) in [4.78, 5) is 22.2. The number of carbonyl (C=O) groups excluding carboxylic acids is 1. The summed E-state index contributed by atoms with van der Waals surface area (Å²) < 4.78 is 22.1. The van der Waals surface area contributed by atoms with E-state index >= 15 is 0 Å². The first kappa shape index (κ1) is 25.8. The highest BCUT2D eigenvalue weighted by Crippen LogP contribution is 2.19. The van der Waals surface area contributed by atoms with E-state index in [0.717, 1.165) is 51.4 Å². The summed E-state index contributed by atoms with van der Waals surface area (Å²) in [5.41, 5.74) is -0.0868. The summed E-state index contributed by atoms with van der Waals surface area (Å²) in [5, 5.41) is 10.7. The largest absolute Gasteiger partial charge is 0.514 e. The van der Waals surface area contributed by atoms with Crippen molar-refractivity contribution in [2.45, 2.75) is 77.9 Å². The smallest absolute Gasteiger partial charge is 0.428 e. The third-order valence-corrected chi connectivity index (χ3v) is 4.51. The monoisotopic (exact) mass is 425 g/mol. The highest BCUT2D eigenvalue weighted by Gasteiger charge is 2.28. The van der Waals surface area contributed by atoms with Crippen LogP contribution in [0.2, 0.25) is 0 Å². The standard InChI is InChI=1S/C22H35NO7/c1-4-6-8-10-16-28-22(3,29-17-11-9-7-5-2)18-27-21(24)30-20-14-12-19(13-15-20)23(25)26/h12-15H,4-11,16-18H2,1-3H3. The van der Waals surface area contributed by atoms with Gasteiger partial charge in [-0.3, -0.25) is 10.1 Å². The minimum Gasteiger partial charge on any atom is -0.428 e. The SMILES string of the molecule is CCCCCCOC(C)(COC(=O)Oc1ccc([N+](=O)[O-])cc1)OCCCCCC. The highest BCUT2D eigenvalue weighted by molar-refractivity contribution is 5.64. The fourth-order valence-corrected chi connectivity index (χ4v) is 2.71. The average molecular weight is 426 g/mol. The van der Waals surface area contributed by atoms with Crippen molar-refractivity contribution in [2.75, 3.05) is 19.8 Å². The number of rotatable bonds is 16. The second-order valence-corrected chi connectivity index (χ2v) is 7.34. The van der Waals surface area contributed by atoms with Gasteiger partial charge in [0.05, 0.1) is 18.1 Å². The maximum absolute atomic E-state index is 12.0. The van der Waals surface area contributed by atoms with Crippen molar-refractivity contribution in [3.8, 4) is 5.75 Å². The lowest BCUT2D eigenvalue weighted by atomic mass is 10.2. The molecule has 0 heterocycles. The number of nitrogens with zero attached hydrogens (tertiary/aromatic N) is 1. The van der Waals surface area contributed by atoms with Crippen molar-refractivity contribution in [1.82, 2.24) is 0 Å². The molecule has 0 N–H and O–H groups in total. The maximum Gasteiger partial charge on any atom is 0.514 e. The first-order chi connectivity index (χ1) is 14.4. The van der Waals surface area contributed by atoms with E-state index in [0.29, 0.717) is 13.2 Å². The molecule has 0 fully saturated rings. The van der Waals surface area contributed by atoms with Crippen molar-refractivity contribution >= 4 is 11.8 Å². The van der Waals surface area contributed by atoms with Gasteiger partial charge in [0.2, 0.25) is 0 Å². The first-order valence-electron chi connectivity index (χ1n) is 10.8. The molecule has 8 nitrogen and oxygen atoms in total. The second kappa shape index (κ2) is 14.7. The molecule has 0 aliphatic carbocycles. The van der Waals surface area contributed by atoms with Crippen molar-refractivity contribution in [2.24, 2.45) is 0 Å². The number of hydrogen-bond donors (Lipinski definition) is 0. The molecular formula is C22H35NO7. The molecule has 0 aliphatic rings. The van der Waals surface area contributed by atoms with Gasteiger partial charge in [0.25, 0.3) is 5.69 Å². The lowest BCUT2D eigenvalue weighted by molar-refractivity contribution is -0.384. The molecule has 0 bridgehead atoms. The third kappa shape index (κ3) is 11.1. The van der Waals surface area contributed by atoms with Gasteiger partial charge in [-0.05, 0) is 31.9 Å². The van der Waals surface area contributed by atoms with Crippen LogP contribution in [0.4, 0.5) is 10.5 Å². The van der Waals surface area contributed by atoms with Crippen molar-refractivity contribution in [3.05, 3.63) is 34.4 Å². The number of carbonyl (C=O) groups is 1. The molecule has 0 aliphatic heterocycles. The molecule has 0 spiro atoms. The summed E-state index contributed by atoms with van der Waals surface area (Å²) >= 11 is 0. The van der Waals surface area contributed by atoms with Crippen LogP contribution >= 0.6 is 0 Å². The summed E-state index contributed by atoms with van der Waals surface area (Å²) in [6.45, 7) is 6.98. The van der Waals surface area contributed by atoms with Gasteiger partial charge in [-0.25, -0.2) is 4.79 Å². The second-order valence-electron chi connectivity index (χ2n) is 7.34. The topological polar surface area (TPSA) is 97.1 Å². The zero-order valence-corrected chi connectivity index (χ0v) is 18.4. The Bertz CT molecular complexity index is 604. The van der Waals surface area contributed by atoms with E-state index in [2.05, 4.69) is 13.8 Å². The lowest BCUT2D eigenvalue weighted by Gasteiger charge is -2.29. The molecule has 0 radical (unpaired) electrons. The van der Waals surface area contributed by atoms with E-state index in [1.54, 1.807) is 6.92 Å². The summed E-state index contributed by atoms with van der Waals surface area (Å²) in [7, 11) is 0. The van der Waals surface area contributed by atoms with Gasteiger partial charge in [0.15, 0.2) is 5.79 Å². The predicted molar refractivity (Wildman–Crippen MR) is 114 cm³/mol. The van der Waals surface area contributed by atoms with Crippen LogP contribution in [0, 0.1) is 10.1 Å². The van der Waals surface area contributed by atoms with Crippen LogP contribution in [0.1, 0.15) is 72.1 Å². The number of hydrogen-bond acceptors (Lipinski definition) is 7. The third-order valence-electron chi connectivity index (χ3n) is 4.51. The van der Waals surface area contributed by atoms with E-state index in [-0.39, 0.29) is 18.0 Å². The van der Waals surface area contributed by atoms with Gasteiger partial charge in [-0.2, -0.15) is 0 Å². The molecule has 0 saturated carbocycles. The zero-order valence-electron chi connectivity index (χ0n) is 18.4. The predicted octanol–water partition coefficient (Wildman–Crippen LogP) is 6.02. The average Bonchev–Trinajstić information content (AvgIpc) is 2.72. The number of ether oxygens (including phenoxy) is 4. The minimum absolute atomic E-state index is 0.0868. The van der Waals surface area contributed by atoms with Gasteiger partial charge in [0, 0.05) is 12.1 Å². The fourth-order valence-electron chi connectivity index (χ4n) is 2.71. The molecule has 1 rings (SSSR count). The van der Waals surface area contributed by atoms with Crippen molar-refractivity contribution in [3.63, 3.8) is 0 Å². The Morgan fingerprint density at radius 2 is 1.47 bits per heavy atom. The number of unbranched alkanes of at least 4 members (excludes halogenated alkanes) is 6. The quantitative estimate of drug-likeness (QED) is 0.0797. The number of benzene rings is 1. The van der Waals surface area contributed by atoms with E-state index in [4.69, 9.17) is 18.9 Å². The summed E-state index contributed by atoms with van der Waals surface area (Å²) in [6.07, 6.45) is 7.64. The van der Waals surface area contributed by atoms with Crippen LogP contribution in [0.25, 0.3) is 0 Å². The van der Waals surface area contributed by atoms with E-state index in [1.165, 1.54) is 24.3 Å². The Kier molecular flexibility index (Phi) is 12.7. The Hall–Kier alpha value is -2.19. The first-order valence-corrected chi connectivity index (χ1v) is 10.8. The lowest BCUT2D eigenvalue weighted by Crippen LogP contribution is -2.39. The molecule has 0 saturated heterocycles. The molecule has 8 heteroatoms. The van der Waals surface area contributed by atoms with Crippen LogP contribution in [-0.2, 0) is 14.2 Å². The van der Waals surface area contributed by atoms with E-state index in [1.807, 2.05) is 0 Å². The fraction of sp³-hybridized carbons (Fsp3) is 0.682. The van der Waals surface area contributed by atoms with Crippen molar-refractivity contribution in [1.29, 1.82) is 0 Å². The summed E-state index contributed by atoms with van der Waals surface area (Å²) in [6, 6.07) is 5.19. The molecule has 1 aromatic carbocycles. The molecule has 0 aromatic heterocycles. The molecular weight excluding hydrogens is 390 g/mol. The molecule has 0 atom stereocenters. The Morgan fingerprint density at radius 3 is 1.93 bits per heavy atom. The van der Waals surface area contributed by atoms with Gasteiger partial charge in [-0.15, -0.1) is 0 Å². The van der Waals surface area contributed by atoms with Crippen LogP contribution < -0.4 is 4.74 Å². The Labute approximate surface area is 179 Å². The molecule has 170 valence electrons. The van der Waals surface area contributed by atoms with Crippen LogP contribution in [0.15, 0.2) is 24.3 Å². The number of non-ortho nitro benzene ring substituents is 1. The molecule has 30 heavy (non-hydrogen) atoms. The van der Waals surface area contributed by atoms with Gasteiger partial charge >= 0.3 is 6.16 Å². The molecule has 0 amide bonds. The van der Waals surface area contributed by atoms with E-state index in [9.17, 15) is 14.9 Å². The molecule has 1 aromatic rings. The van der Waals surface area contributed by atoms with Gasteiger partial charge in [0.1, 0.15) is 12.4 Å². The number of nitro benzene ring substituents is 1. The minimum atomic E-state index is -1.05. The van der Waals surface area contributed by atoms with Crippen molar-refractivity contribution < 1.29 is 28.7 Å². The summed E-state index contributed by atoms with van der Waals surface area (Å²) in [5.74, 6) is -0.888. The normalized spacial score (nSPS) is 11.3. The van der Waals surface area contributed by atoms with Gasteiger partial charge in [-0.1, -0.05) is 52.4 Å². The van der Waals surface area contributed by atoms with E-state index < -0.39 is 16.9 Å². The Morgan fingerprint density at radius 1 is 0.933 bits per heavy atom. The molecule has 0 unspecified atom stereocenters. The van der Waals surface area contributed by atoms with Crippen LogP contribution in [0.5, 0.6) is 5.75 Å². The van der Waals surface area contributed by atoms with Gasteiger partial charge < -0.3 is 18.9 Å². The van der Waals surface area contributed by atoms with Crippen LogP contribution in [-0.4, -0.2) is 36.7 Å². The number of nitro groups is 1. The Balaban J connectivity index is 2.51.